The fraction of sp³-hybridized carbons (Fsp3) is 0.158. The maximum Gasteiger partial charge on any atom is 0.435 e. The summed E-state index contributed by atoms with van der Waals surface area (Å²) in [6, 6.07) is 9.31. The van der Waals surface area contributed by atoms with Crippen LogP contribution in [0.25, 0.3) is 22.2 Å². The molecule has 1 amide bonds. The summed E-state index contributed by atoms with van der Waals surface area (Å²) in [5.41, 5.74) is 2.27. The van der Waals surface area contributed by atoms with E-state index in [1.165, 1.54) is 13.2 Å². The highest BCUT2D eigenvalue weighted by Gasteiger charge is 2.35. The Labute approximate surface area is 152 Å². The van der Waals surface area contributed by atoms with Crippen LogP contribution in [0.2, 0.25) is 0 Å². The van der Waals surface area contributed by atoms with Crippen molar-refractivity contribution < 1.29 is 22.7 Å². The van der Waals surface area contributed by atoms with E-state index in [0.29, 0.717) is 23.2 Å². The lowest BCUT2D eigenvalue weighted by Gasteiger charge is -2.19. The Morgan fingerprint density at radius 1 is 1.15 bits per heavy atom. The highest BCUT2D eigenvalue weighted by Crippen LogP contribution is 2.35. The van der Waals surface area contributed by atoms with Gasteiger partial charge in [0.15, 0.2) is 5.69 Å². The predicted octanol–water partition coefficient (Wildman–Crippen LogP) is 3.79. The summed E-state index contributed by atoms with van der Waals surface area (Å²) in [6.45, 7) is 4.30. The Morgan fingerprint density at radius 2 is 1.89 bits per heavy atom. The molecule has 0 spiro atoms. The number of nitrogens with zero attached hydrogens (tertiary/aromatic N) is 2. The molecule has 0 saturated carbocycles. The zero-order chi connectivity index (χ0) is 19.3. The van der Waals surface area contributed by atoms with Crippen LogP contribution in [0, 0.1) is 0 Å². The first-order chi connectivity index (χ1) is 12.8. The van der Waals surface area contributed by atoms with Gasteiger partial charge in [-0.3, -0.25) is 4.79 Å². The fourth-order valence-electron chi connectivity index (χ4n) is 3.17. The van der Waals surface area contributed by atoms with Crippen molar-refractivity contribution >= 4 is 17.0 Å². The number of amides is 1. The number of alkyl halides is 3. The lowest BCUT2D eigenvalue weighted by molar-refractivity contribution is -0.141. The van der Waals surface area contributed by atoms with Crippen molar-refractivity contribution in [2.45, 2.75) is 6.18 Å². The molecule has 1 aliphatic rings. The summed E-state index contributed by atoms with van der Waals surface area (Å²) in [5, 5.41) is 6.35. The van der Waals surface area contributed by atoms with Gasteiger partial charge in [0.25, 0.3) is 5.91 Å². The van der Waals surface area contributed by atoms with Crippen molar-refractivity contribution in [2.75, 3.05) is 13.7 Å². The molecular formula is C19H14F3N3O2. The summed E-state index contributed by atoms with van der Waals surface area (Å²) in [5.74, 6) is -0.0680. The number of carbonyl (C=O) groups excluding carboxylic acids is 1. The van der Waals surface area contributed by atoms with Gasteiger partial charge in [0, 0.05) is 23.7 Å². The molecule has 3 heterocycles. The first kappa shape index (κ1) is 17.1. The lowest BCUT2D eigenvalue weighted by atomic mass is 9.92. The van der Waals surface area contributed by atoms with Gasteiger partial charge in [0.1, 0.15) is 0 Å². The minimum Gasteiger partial charge on any atom is -0.481 e. The van der Waals surface area contributed by atoms with Gasteiger partial charge in [0.05, 0.1) is 12.6 Å². The Balaban J connectivity index is 1.94. The molecule has 0 unspecified atom stereocenters. The standard InChI is InChI=1S/C19H14F3N3O2/c1-10-9-23-18(26)14-7-11(3-4-12(10)14)13-5-6-17(27-2)25-15(13)8-16(24-25)19(20,21)22/h3-8H,1,9H2,2H3,(H,23,26). The normalized spacial score (nSPS) is 14.2. The van der Waals surface area contributed by atoms with Gasteiger partial charge in [-0.15, -0.1) is 0 Å². The van der Waals surface area contributed by atoms with Gasteiger partial charge in [-0.05, 0) is 34.9 Å². The molecule has 1 aliphatic heterocycles. The third-order valence-electron chi connectivity index (χ3n) is 4.50. The number of nitrogens with one attached hydrogen (secondary N) is 1. The number of fused-ring (bicyclic) bond motifs is 2. The van der Waals surface area contributed by atoms with E-state index in [2.05, 4.69) is 17.0 Å². The van der Waals surface area contributed by atoms with E-state index < -0.39 is 11.9 Å². The van der Waals surface area contributed by atoms with Crippen LogP contribution in [0.4, 0.5) is 13.2 Å². The smallest absolute Gasteiger partial charge is 0.435 e. The predicted molar refractivity (Wildman–Crippen MR) is 93.5 cm³/mol. The van der Waals surface area contributed by atoms with Crippen molar-refractivity contribution in [3.05, 3.63) is 59.8 Å². The highest BCUT2D eigenvalue weighted by atomic mass is 19.4. The number of carbonyl (C=O) groups is 1. The number of methoxy groups -OCH3 is 1. The van der Waals surface area contributed by atoms with Crippen LogP contribution in [-0.2, 0) is 6.18 Å². The molecule has 1 N–H and O–H groups in total. The molecule has 0 aliphatic carbocycles. The summed E-state index contributed by atoms with van der Waals surface area (Å²) >= 11 is 0. The molecule has 2 aromatic heterocycles. The van der Waals surface area contributed by atoms with Crippen LogP contribution < -0.4 is 10.1 Å². The van der Waals surface area contributed by atoms with Crippen molar-refractivity contribution in [2.24, 2.45) is 0 Å². The minimum atomic E-state index is -4.58. The third-order valence-corrected chi connectivity index (χ3v) is 4.50. The molecule has 0 fully saturated rings. The lowest BCUT2D eigenvalue weighted by Crippen LogP contribution is -2.30. The molecule has 5 nitrogen and oxygen atoms in total. The van der Waals surface area contributed by atoms with Crippen LogP contribution in [0.15, 0.2) is 43.0 Å². The van der Waals surface area contributed by atoms with Crippen LogP contribution in [0.1, 0.15) is 21.6 Å². The van der Waals surface area contributed by atoms with Gasteiger partial charge in [-0.2, -0.15) is 22.8 Å². The average Bonchev–Trinajstić information content (AvgIpc) is 3.09. The molecule has 0 radical (unpaired) electrons. The maximum absolute atomic E-state index is 13.1. The van der Waals surface area contributed by atoms with Crippen molar-refractivity contribution in [3.8, 4) is 17.0 Å². The molecule has 0 saturated heterocycles. The van der Waals surface area contributed by atoms with E-state index in [1.807, 2.05) is 0 Å². The second-order valence-corrected chi connectivity index (χ2v) is 6.16. The first-order valence-electron chi connectivity index (χ1n) is 8.04. The molecule has 0 atom stereocenters. The topological polar surface area (TPSA) is 55.6 Å². The van der Waals surface area contributed by atoms with Crippen molar-refractivity contribution in [1.29, 1.82) is 0 Å². The molecule has 0 bridgehead atoms. The van der Waals surface area contributed by atoms with E-state index >= 15 is 0 Å². The van der Waals surface area contributed by atoms with Gasteiger partial charge in [0.2, 0.25) is 5.88 Å². The fourth-order valence-corrected chi connectivity index (χ4v) is 3.17. The van der Waals surface area contributed by atoms with E-state index in [1.54, 1.807) is 24.3 Å². The first-order valence-corrected chi connectivity index (χ1v) is 8.04. The summed E-state index contributed by atoms with van der Waals surface area (Å²) in [7, 11) is 1.36. The Morgan fingerprint density at radius 3 is 2.59 bits per heavy atom. The zero-order valence-corrected chi connectivity index (χ0v) is 14.2. The van der Waals surface area contributed by atoms with Crippen LogP contribution in [0.3, 0.4) is 0 Å². The molecule has 1 aromatic carbocycles. The molecule has 138 valence electrons. The largest absolute Gasteiger partial charge is 0.481 e. The Bertz CT molecular complexity index is 1100. The number of benzene rings is 1. The maximum atomic E-state index is 13.1. The molecular weight excluding hydrogens is 359 g/mol. The van der Waals surface area contributed by atoms with Gasteiger partial charge < -0.3 is 10.1 Å². The van der Waals surface area contributed by atoms with Crippen LogP contribution in [0.5, 0.6) is 5.88 Å². The quantitative estimate of drug-likeness (QED) is 0.744. The monoisotopic (exact) mass is 373 g/mol. The Hall–Kier alpha value is -3.29. The summed E-state index contributed by atoms with van der Waals surface area (Å²) in [6.07, 6.45) is -4.58. The van der Waals surface area contributed by atoms with E-state index in [-0.39, 0.29) is 17.3 Å². The van der Waals surface area contributed by atoms with E-state index in [0.717, 1.165) is 21.7 Å². The highest BCUT2D eigenvalue weighted by molar-refractivity contribution is 6.04. The van der Waals surface area contributed by atoms with E-state index in [9.17, 15) is 18.0 Å². The number of aromatic nitrogens is 2. The third kappa shape index (κ3) is 2.73. The van der Waals surface area contributed by atoms with Gasteiger partial charge >= 0.3 is 6.18 Å². The number of hydrogen-bond donors (Lipinski definition) is 1. The van der Waals surface area contributed by atoms with Gasteiger partial charge in [-0.1, -0.05) is 18.7 Å². The molecule has 4 rings (SSSR count). The average molecular weight is 373 g/mol. The molecule has 8 heteroatoms. The zero-order valence-electron chi connectivity index (χ0n) is 14.2. The minimum absolute atomic E-state index is 0.174. The number of ether oxygens (including phenoxy) is 1. The Kier molecular flexibility index (Phi) is 3.73. The number of pyridine rings is 1. The SMILES string of the molecule is C=C1CNC(=O)c2cc(-c3ccc(OC)n4nc(C(F)(F)F)cc34)ccc21. The van der Waals surface area contributed by atoms with Gasteiger partial charge in [-0.25, -0.2) is 0 Å². The number of rotatable bonds is 2. The van der Waals surface area contributed by atoms with Crippen molar-refractivity contribution in [3.63, 3.8) is 0 Å². The molecule has 3 aromatic rings. The molecule has 27 heavy (non-hydrogen) atoms. The van der Waals surface area contributed by atoms with E-state index in [4.69, 9.17) is 4.74 Å². The second kappa shape index (κ2) is 5.87. The van der Waals surface area contributed by atoms with Crippen LogP contribution in [-0.4, -0.2) is 29.2 Å². The second-order valence-electron chi connectivity index (χ2n) is 6.16. The summed E-state index contributed by atoms with van der Waals surface area (Å²) < 4.78 is 45.6. The van der Waals surface area contributed by atoms with Crippen LogP contribution >= 0.6 is 0 Å². The van der Waals surface area contributed by atoms with Crippen molar-refractivity contribution in [1.82, 2.24) is 14.9 Å². The number of hydrogen-bond acceptors (Lipinski definition) is 3. The number of halogens is 3. The summed E-state index contributed by atoms with van der Waals surface area (Å²) in [4.78, 5) is 12.2.